The molecule has 1 amide bonds. The smallest absolute Gasteiger partial charge is 0.270 e. The SMILES string of the molecule is COc1ccc([C@H](CC(C)C)NS(=O)(=O)c2nnc(NC(=O)c3ccc(C)cc3)s2)cc1. The van der Waals surface area contributed by atoms with E-state index < -0.39 is 16.1 Å². The maximum absolute atomic E-state index is 13.0. The Morgan fingerprint density at radius 2 is 1.72 bits per heavy atom. The van der Waals surface area contributed by atoms with Crippen LogP contribution >= 0.6 is 11.3 Å². The van der Waals surface area contributed by atoms with Gasteiger partial charge in [-0.1, -0.05) is 55.0 Å². The lowest BCUT2D eigenvalue weighted by Gasteiger charge is -2.20. The number of hydrogen-bond donors (Lipinski definition) is 2. The van der Waals surface area contributed by atoms with Gasteiger partial charge in [0.2, 0.25) is 9.47 Å². The van der Waals surface area contributed by atoms with Crippen LogP contribution in [0.25, 0.3) is 0 Å². The van der Waals surface area contributed by atoms with Crippen LogP contribution in [0.3, 0.4) is 0 Å². The minimum Gasteiger partial charge on any atom is -0.497 e. The third-order valence-electron chi connectivity index (χ3n) is 4.69. The predicted molar refractivity (Wildman–Crippen MR) is 125 cm³/mol. The van der Waals surface area contributed by atoms with E-state index in [-0.39, 0.29) is 21.3 Å². The van der Waals surface area contributed by atoms with Crippen LogP contribution in [0.5, 0.6) is 5.75 Å². The summed E-state index contributed by atoms with van der Waals surface area (Å²) in [7, 11) is -2.36. The van der Waals surface area contributed by atoms with Crippen LogP contribution < -0.4 is 14.8 Å². The van der Waals surface area contributed by atoms with Crippen LogP contribution in [0.2, 0.25) is 0 Å². The molecule has 0 fully saturated rings. The second-order valence-electron chi connectivity index (χ2n) is 7.77. The largest absolute Gasteiger partial charge is 0.497 e. The monoisotopic (exact) mass is 474 g/mol. The Morgan fingerprint density at radius 1 is 1.06 bits per heavy atom. The van der Waals surface area contributed by atoms with Crippen molar-refractivity contribution in [1.29, 1.82) is 0 Å². The van der Waals surface area contributed by atoms with Crippen molar-refractivity contribution in [3.63, 3.8) is 0 Å². The standard InChI is InChI=1S/C22H26N4O4S2/c1-14(2)13-19(16-9-11-18(30-4)12-10-16)26-32(28,29)22-25-24-21(31-22)23-20(27)17-7-5-15(3)6-8-17/h5-12,14,19,26H,13H2,1-4H3,(H,23,24,27)/t19-/m0/s1. The molecule has 0 bridgehead atoms. The van der Waals surface area contributed by atoms with Crippen molar-refractivity contribution in [2.24, 2.45) is 5.92 Å². The van der Waals surface area contributed by atoms with Crippen LogP contribution in [0.15, 0.2) is 52.9 Å². The predicted octanol–water partition coefficient (Wildman–Crippen LogP) is 4.17. The summed E-state index contributed by atoms with van der Waals surface area (Å²) in [5, 5.41) is 10.3. The van der Waals surface area contributed by atoms with E-state index in [2.05, 4.69) is 20.2 Å². The Kier molecular flexibility index (Phi) is 7.60. The summed E-state index contributed by atoms with van der Waals surface area (Å²) in [5.41, 5.74) is 2.30. The number of anilines is 1. The zero-order valence-electron chi connectivity index (χ0n) is 18.3. The lowest BCUT2D eigenvalue weighted by Crippen LogP contribution is -2.29. The summed E-state index contributed by atoms with van der Waals surface area (Å²) in [5.74, 6) is 0.565. The molecule has 0 aliphatic heterocycles. The molecule has 3 rings (SSSR count). The minimum atomic E-state index is -3.94. The number of carbonyl (C=O) groups excluding carboxylic acids is 1. The number of nitrogens with zero attached hydrogens (tertiary/aromatic N) is 2. The lowest BCUT2D eigenvalue weighted by atomic mass is 9.98. The van der Waals surface area contributed by atoms with Gasteiger partial charge in [-0.05, 0) is 49.1 Å². The summed E-state index contributed by atoms with van der Waals surface area (Å²) in [6.07, 6.45) is 0.599. The van der Waals surface area contributed by atoms with Gasteiger partial charge >= 0.3 is 0 Å². The van der Waals surface area contributed by atoms with Gasteiger partial charge in [-0.2, -0.15) is 0 Å². The zero-order chi connectivity index (χ0) is 23.3. The molecule has 2 aromatic carbocycles. The van der Waals surface area contributed by atoms with E-state index in [1.165, 1.54) is 0 Å². The topological polar surface area (TPSA) is 110 Å². The van der Waals surface area contributed by atoms with Gasteiger partial charge in [0.25, 0.3) is 15.9 Å². The van der Waals surface area contributed by atoms with Crippen LogP contribution in [-0.4, -0.2) is 31.6 Å². The first-order valence-corrected chi connectivity index (χ1v) is 12.4. The molecule has 10 heteroatoms. The Bertz CT molecular complexity index is 1160. The van der Waals surface area contributed by atoms with Gasteiger partial charge in [0.05, 0.1) is 7.11 Å². The van der Waals surface area contributed by atoms with E-state index in [9.17, 15) is 13.2 Å². The van der Waals surface area contributed by atoms with Gasteiger partial charge < -0.3 is 4.74 Å². The third-order valence-corrected chi connectivity index (χ3v) is 7.37. The molecule has 0 aliphatic carbocycles. The number of methoxy groups -OCH3 is 1. The number of rotatable bonds is 9. The maximum atomic E-state index is 13.0. The molecule has 8 nitrogen and oxygen atoms in total. The number of amides is 1. The molecule has 1 heterocycles. The highest BCUT2D eigenvalue weighted by Crippen LogP contribution is 2.27. The highest BCUT2D eigenvalue weighted by molar-refractivity contribution is 7.91. The Hall–Kier alpha value is -2.82. The van der Waals surface area contributed by atoms with Crippen LogP contribution in [-0.2, 0) is 10.0 Å². The lowest BCUT2D eigenvalue weighted by molar-refractivity contribution is 0.102. The molecular weight excluding hydrogens is 448 g/mol. The molecule has 2 N–H and O–H groups in total. The number of aromatic nitrogens is 2. The van der Waals surface area contributed by atoms with Crippen LogP contribution in [0, 0.1) is 12.8 Å². The van der Waals surface area contributed by atoms with Crippen LogP contribution in [0.4, 0.5) is 5.13 Å². The molecule has 0 spiro atoms. The highest BCUT2D eigenvalue weighted by atomic mass is 32.2. The average Bonchev–Trinajstić information content (AvgIpc) is 3.23. The van der Waals surface area contributed by atoms with Crippen molar-refractivity contribution in [2.45, 2.75) is 37.6 Å². The quantitative estimate of drug-likeness (QED) is 0.450. The van der Waals surface area contributed by atoms with Crippen LogP contribution in [0.1, 0.15) is 47.8 Å². The van der Waals surface area contributed by atoms with E-state index in [0.29, 0.717) is 17.7 Å². The van der Waals surface area contributed by atoms with Crippen molar-refractivity contribution in [3.8, 4) is 5.75 Å². The molecule has 0 saturated carbocycles. The van der Waals surface area contributed by atoms with Gasteiger partial charge in [0.1, 0.15) is 5.75 Å². The number of aryl methyl sites for hydroxylation is 1. The number of hydrogen-bond acceptors (Lipinski definition) is 7. The number of benzene rings is 2. The Morgan fingerprint density at radius 3 is 2.31 bits per heavy atom. The van der Waals surface area contributed by atoms with E-state index in [4.69, 9.17) is 4.74 Å². The summed E-state index contributed by atoms with van der Waals surface area (Å²) in [4.78, 5) is 12.4. The van der Waals surface area contributed by atoms with E-state index >= 15 is 0 Å². The highest BCUT2D eigenvalue weighted by Gasteiger charge is 2.26. The molecule has 3 aromatic rings. The molecular formula is C22H26N4O4S2. The molecule has 0 saturated heterocycles. The van der Waals surface area contributed by atoms with Crippen molar-refractivity contribution < 1.29 is 17.9 Å². The first-order chi connectivity index (χ1) is 15.2. The molecule has 170 valence electrons. The number of carbonyl (C=O) groups is 1. The fourth-order valence-corrected chi connectivity index (χ4v) is 5.19. The summed E-state index contributed by atoms with van der Waals surface area (Å²) in [6.45, 7) is 5.97. The van der Waals surface area contributed by atoms with E-state index in [1.807, 2.05) is 45.0 Å². The minimum absolute atomic E-state index is 0.112. The molecule has 32 heavy (non-hydrogen) atoms. The van der Waals surface area contributed by atoms with Gasteiger partial charge in [-0.15, -0.1) is 10.2 Å². The molecule has 0 aliphatic rings. The first kappa shape index (κ1) is 23.8. The second kappa shape index (κ2) is 10.2. The van der Waals surface area contributed by atoms with Gasteiger partial charge in [-0.25, -0.2) is 13.1 Å². The molecule has 1 aromatic heterocycles. The third kappa shape index (κ3) is 6.12. The van der Waals surface area contributed by atoms with Gasteiger partial charge in [0.15, 0.2) is 0 Å². The van der Waals surface area contributed by atoms with Crippen molar-refractivity contribution in [3.05, 3.63) is 65.2 Å². The zero-order valence-corrected chi connectivity index (χ0v) is 20.0. The number of nitrogens with one attached hydrogen (secondary N) is 2. The Labute approximate surface area is 192 Å². The van der Waals surface area contributed by atoms with Gasteiger partial charge in [0, 0.05) is 11.6 Å². The van der Waals surface area contributed by atoms with Crippen molar-refractivity contribution >= 4 is 32.4 Å². The second-order valence-corrected chi connectivity index (χ2v) is 10.6. The average molecular weight is 475 g/mol. The first-order valence-electron chi connectivity index (χ1n) is 10.1. The summed E-state index contributed by atoms with van der Waals surface area (Å²) < 4.78 is 33.7. The van der Waals surface area contributed by atoms with Crippen molar-refractivity contribution in [1.82, 2.24) is 14.9 Å². The van der Waals surface area contributed by atoms with E-state index in [1.54, 1.807) is 31.4 Å². The Balaban J connectivity index is 1.76. The molecule has 0 radical (unpaired) electrons. The maximum Gasteiger partial charge on any atom is 0.270 e. The summed E-state index contributed by atoms with van der Waals surface area (Å²) in [6, 6.07) is 13.8. The fourth-order valence-electron chi connectivity index (χ4n) is 3.04. The number of sulfonamides is 1. The fraction of sp³-hybridized carbons (Fsp3) is 0.318. The summed E-state index contributed by atoms with van der Waals surface area (Å²) >= 11 is 0.803. The molecule has 0 unspecified atom stereocenters. The van der Waals surface area contributed by atoms with Crippen molar-refractivity contribution in [2.75, 3.05) is 12.4 Å². The normalized spacial score (nSPS) is 12.5. The molecule has 1 atom stereocenters. The number of ether oxygens (including phenoxy) is 1. The van der Waals surface area contributed by atoms with E-state index in [0.717, 1.165) is 22.5 Å². The van der Waals surface area contributed by atoms with Gasteiger partial charge in [-0.3, -0.25) is 10.1 Å².